The number of rotatable bonds is 6. The van der Waals surface area contributed by atoms with Crippen LogP contribution < -0.4 is 15.9 Å². The van der Waals surface area contributed by atoms with Gasteiger partial charge in [-0.3, -0.25) is 14.5 Å². The van der Waals surface area contributed by atoms with Gasteiger partial charge in [-0.15, -0.1) is 17.0 Å². The van der Waals surface area contributed by atoms with Crippen LogP contribution in [0.1, 0.15) is 26.3 Å². The van der Waals surface area contributed by atoms with E-state index in [1.54, 1.807) is 24.3 Å². The number of amides is 2. The molecule has 0 aliphatic carbocycles. The SMILES string of the molecule is Br.O=C1c2ccccc2C(=O)N1CCc1ccccc1P(c1ccccc1)c1ccccc1. The summed E-state index contributed by atoms with van der Waals surface area (Å²) >= 11 is 0. The number of carbonyl (C=O) groups excluding carboxylic acids is 2. The minimum atomic E-state index is -0.748. The monoisotopic (exact) mass is 515 g/mol. The zero-order valence-electron chi connectivity index (χ0n) is 17.9. The molecule has 0 unspecified atom stereocenters. The molecule has 0 spiro atoms. The summed E-state index contributed by atoms with van der Waals surface area (Å²) < 4.78 is 0. The lowest BCUT2D eigenvalue weighted by Crippen LogP contribution is -2.33. The van der Waals surface area contributed by atoms with Crippen LogP contribution in [0.3, 0.4) is 0 Å². The van der Waals surface area contributed by atoms with Crippen molar-refractivity contribution < 1.29 is 9.59 Å². The molecule has 0 saturated heterocycles. The smallest absolute Gasteiger partial charge is 0.261 e. The Morgan fingerprint density at radius 1 is 0.576 bits per heavy atom. The number of imide groups is 1. The summed E-state index contributed by atoms with van der Waals surface area (Å²) in [5.41, 5.74) is 2.17. The second-order valence-electron chi connectivity index (χ2n) is 7.69. The third kappa shape index (κ3) is 4.55. The van der Waals surface area contributed by atoms with Crippen molar-refractivity contribution >= 4 is 52.6 Å². The van der Waals surface area contributed by atoms with Gasteiger partial charge in [0.2, 0.25) is 0 Å². The standard InChI is InChI=1S/C28H22NO2P.BrH/c30-27-24-16-8-9-17-25(24)28(31)29(27)20-19-21-11-7-10-18-26(21)32(22-12-3-1-4-13-22)23-14-5-2-6-15-23;/h1-18H,19-20H2;1H. The first-order chi connectivity index (χ1) is 15.7. The van der Waals surface area contributed by atoms with Gasteiger partial charge in [-0.1, -0.05) is 97.1 Å². The molecular weight excluding hydrogens is 493 g/mol. The Bertz CT molecular complexity index is 1200. The number of fused-ring (bicyclic) bond motifs is 1. The highest BCUT2D eigenvalue weighted by molar-refractivity contribution is 8.93. The molecule has 2 amide bonds. The summed E-state index contributed by atoms with van der Waals surface area (Å²) in [5, 5.41) is 3.82. The number of carbonyl (C=O) groups is 2. The first kappa shape index (κ1) is 23.1. The van der Waals surface area contributed by atoms with Crippen LogP contribution in [0.25, 0.3) is 0 Å². The lowest BCUT2D eigenvalue weighted by atomic mass is 10.1. The van der Waals surface area contributed by atoms with E-state index in [9.17, 15) is 9.59 Å². The lowest BCUT2D eigenvalue weighted by molar-refractivity contribution is 0.0656. The van der Waals surface area contributed by atoms with Gasteiger partial charge in [-0.2, -0.15) is 0 Å². The number of nitrogens with zero attached hydrogens (tertiary/aromatic N) is 1. The van der Waals surface area contributed by atoms with Crippen molar-refractivity contribution in [2.75, 3.05) is 6.54 Å². The Kier molecular flexibility index (Phi) is 7.17. The Morgan fingerprint density at radius 2 is 1.03 bits per heavy atom. The highest BCUT2D eigenvalue weighted by Gasteiger charge is 2.34. The van der Waals surface area contributed by atoms with Crippen molar-refractivity contribution in [3.63, 3.8) is 0 Å². The highest BCUT2D eigenvalue weighted by atomic mass is 79.9. The summed E-state index contributed by atoms with van der Waals surface area (Å²) in [4.78, 5) is 27.0. The van der Waals surface area contributed by atoms with Crippen LogP contribution in [0.15, 0.2) is 109 Å². The largest absolute Gasteiger partial charge is 0.274 e. The normalized spacial score (nSPS) is 12.6. The third-order valence-corrected chi connectivity index (χ3v) is 8.29. The van der Waals surface area contributed by atoms with Crippen LogP contribution >= 0.6 is 24.9 Å². The summed E-state index contributed by atoms with van der Waals surface area (Å²) in [6, 6.07) is 36.6. The maximum absolute atomic E-state index is 12.8. The number of hydrogen-bond acceptors (Lipinski definition) is 2. The third-order valence-electron chi connectivity index (χ3n) is 5.74. The van der Waals surface area contributed by atoms with Crippen LogP contribution in [0.5, 0.6) is 0 Å². The molecule has 0 fully saturated rings. The van der Waals surface area contributed by atoms with E-state index >= 15 is 0 Å². The molecule has 5 rings (SSSR count). The molecule has 0 N–H and O–H groups in total. The van der Waals surface area contributed by atoms with E-state index in [1.807, 2.05) is 18.2 Å². The summed E-state index contributed by atoms with van der Waals surface area (Å²) in [6.45, 7) is 0.371. The van der Waals surface area contributed by atoms with Crippen molar-refractivity contribution in [3.8, 4) is 0 Å². The molecule has 0 saturated carbocycles. The molecule has 33 heavy (non-hydrogen) atoms. The molecule has 1 aliphatic rings. The second-order valence-corrected chi connectivity index (χ2v) is 9.88. The molecule has 0 bridgehead atoms. The average molecular weight is 516 g/mol. The Balaban J connectivity index is 0.00000259. The van der Waals surface area contributed by atoms with Crippen molar-refractivity contribution in [1.82, 2.24) is 4.90 Å². The number of hydrogen-bond donors (Lipinski definition) is 0. The quantitative estimate of drug-likeness (QED) is 0.271. The minimum absolute atomic E-state index is 0. The molecule has 3 nitrogen and oxygen atoms in total. The predicted octanol–water partition coefficient (Wildman–Crippen LogP) is 4.86. The molecule has 0 aromatic heterocycles. The molecule has 1 aliphatic heterocycles. The predicted molar refractivity (Wildman–Crippen MR) is 141 cm³/mol. The highest BCUT2D eigenvalue weighted by Crippen LogP contribution is 2.34. The summed E-state index contributed by atoms with van der Waals surface area (Å²) in [6.07, 6.45) is 0.625. The topological polar surface area (TPSA) is 37.4 Å². The fourth-order valence-electron chi connectivity index (χ4n) is 4.20. The zero-order chi connectivity index (χ0) is 21.9. The molecule has 4 aromatic rings. The fraction of sp³-hybridized carbons (Fsp3) is 0.0714. The lowest BCUT2D eigenvalue weighted by Gasteiger charge is -2.23. The summed E-state index contributed by atoms with van der Waals surface area (Å²) in [5.74, 6) is -0.395. The van der Waals surface area contributed by atoms with Crippen LogP contribution in [-0.2, 0) is 6.42 Å². The molecule has 4 aromatic carbocycles. The molecule has 0 atom stereocenters. The van der Waals surface area contributed by atoms with Crippen molar-refractivity contribution in [2.45, 2.75) is 6.42 Å². The average Bonchev–Trinajstić information content (AvgIpc) is 3.10. The van der Waals surface area contributed by atoms with Gasteiger partial charge in [0.15, 0.2) is 0 Å². The van der Waals surface area contributed by atoms with Gasteiger partial charge < -0.3 is 0 Å². The van der Waals surface area contributed by atoms with E-state index in [4.69, 9.17) is 0 Å². The van der Waals surface area contributed by atoms with E-state index in [2.05, 4.69) is 66.7 Å². The van der Waals surface area contributed by atoms with Crippen LogP contribution in [-0.4, -0.2) is 23.3 Å². The Hall–Kier alpha value is -3.07. The van der Waals surface area contributed by atoms with Gasteiger partial charge in [0.1, 0.15) is 0 Å². The fourth-order valence-corrected chi connectivity index (χ4v) is 6.70. The molecule has 164 valence electrons. The Morgan fingerprint density at radius 3 is 1.58 bits per heavy atom. The van der Waals surface area contributed by atoms with Gasteiger partial charge in [0.05, 0.1) is 11.1 Å². The van der Waals surface area contributed by atoms with Gasteiger partial charge in [-0.05, 0) is 48.0 Å². The van der Waals surface area contributed by atoms with Crippen molar-refractivity contribution in [2.24, 2.45) is 0 Å². The van der Waals surface area contributed by atoms with Crippen LogP contribution in [0, 0.1) is 0 Å². The maximum atomic E-state index is 12.8. The van der Waals surface area contributed by atoms with E-state index in [1.165, 1.54) is 26.4 Å². The van der Waals surface area contributed by atoms with E-state index < -0.39 is 7.92 Å². The number of halogens is 1. The number of benzene rings is 4. The van der Waals surface area contributed by atoms with Crippen molar-refractivity contribution in [1.29, 1.82) is 0 Å². The van der Waals surface area contributed by atoms with Crippen LogP contribution in [0.4, 0.5) is 0 Å². The Labute approximate surface area is 205 Å². The first-order valence-electron chi connectivity index (χ1n) is 10.7. The summed E-state index contributed by atoms with van der Waals surface area (Å²) in [7, 11) is -0.748. The maximum Gasteiger partial charge on any atom is 0.261 e. The van der Waals surface area contributed by atoms with Gasteiger partial charge in [0.25, 0.3) is 11.8 Å². The van der Waals surface area contributed by atoms with Gasteiger partial charge in [0, 0.05) is 6.54 Å². The van der Waals surface area contributed by atoms with E-state index in [-0.39, 0.29) is 28.8 Å². The zero-order valence-corrected chi connectivity index (χ0v) is 20.5. The molecule has 5 heteroatoms. The molecule has 1 heterocycles. The van der Waals surface area contributed by atoms with Crippen molar-refractivity contribution in [3.05, 3.63) is 126 Å². The molecule has 0 radical (unpaired) electrons. The minimum Gasteiger partial charge on any atom is -0.274 e. The molecular formula is C28H23BrNO2P. The van der Waals surface area contributed by atoms with Gasteiger partial charge >= 0.3 is 0 Å². The van der Waals surface area contributed by atoms with E-state index in [0.29, 0.717) is 24.1 Å². The first-order valence-corrected chi connectivity index (χ1v) is 12.0. The van der Waals surface area contributed by atoms with Crippen LogP contribution in [0.2, 0.25) is 0 Å². The second kappa shape index (κ2) is 10.2. The van der Waals surface area contributed by atoms with E-state index in [0.717, 1.165) is 0 Å². The van der Waals surface area contributed by atoms with Gasteiger partial charge in [-0.25, -0.2) is 0 Å².